The van der Waals surface area contributed by atoms with E-state index < -0.39 is 0 Å². The van der Waals surface area contributed by atoms with Crippen molar-refractivity contribution < 1.29 is 18.7 Å². The van der Waals surface area contributed by atoms with Crippen LogP contribution in [0.15, 0.2) is 67.1 Å². The summed E-state index contributed by atoms with van der Waals surface area (Å²) < 4.78 is 21.4. The van der Waals surface area contributed by atoms with Crippen molar-refractivity contribution in [3.05, 3.63) is 89.1 Å². The summed E-state index contributed by atoms with van der Waals surface area (Å²) in [5.41, 5.74) is 0.827. The fourth-order valence-corrected chi connectivity index (χ4v) is 5.17. The van der Waals surface area contributed by atoms with E-state index in [1.54, 1.807) is 15.9 Å². The molecule has 0 saturated carbocycles. The maximum atomic E-state index is 14.8. The van der Waals surface area contributed by atoms with Gasteiger partial charge in [0.05, 0.1) is 11.1 Å². The molecule has 0 atom stereocenters. The predicted octanol–water partition coefficient (Wildman–Crippen LogP) is 4.01. The van der Waals surface area contributed by atoms with Crippen LogP contribution in [0.5, 0.6) is 5.75 Å². The molecule has 1 fully saturated rings. The van der Waals surface area contributed by atoms with Crippen LogP contribution in [0.2, 0.25) is 0 Å². The molecule has 1 saturated heterocycles. The first kappa shape index (κ1) is 22.0. The number of carbonyl (C=O) groups excluding carboxylic acids is 2. The van der Waals surface area contributed by atoms with Gasteiger partial charge in [0.1, 0.15) is 23.9 Å². The highest BCUT2D eigenvalue weighted by Crippen LogP contribution is 2.35. The monoisotopic (exact) mass is 476 g/mol. The topological polar surface area (TPSA) is 75.6 Å². The van der Waals surface area contributed by atoms with Crippen LogP contribution in [-0.4, -0.2) is 57.8 Å². The van der Waals surface area contributed by atoms with E-state index >= 15 is 0 Å². The number of thiophene rings is 1. The predicted molar refractivity (Wildman–Crippen MR) is 126 cm³/mol. The Morgan fingerprint density at radius 2 is 1.68 bits per heavy atom. The molecule has 0 unspecified atom stereocenters. The Morgan fingerprint density at radius 3 is 2.38 bits per heavy atom. The van der Waals surface area contributed by atoms with Crippen molar-refractivity contribution in [1.82, 2.24) is 19.8 Å². The molecule has 1 aliphatic rings. The number of nitrogens with zero attached hydrogens (tertiary/aromatic N) is 4. The summed E-state index contributed by atoms with van der Waals surface area (Å²) in [6.45, 7) is 1.60. The summed E-state index contributed by atoms with van der Waals surface area (Å²) in [5, 5.41) is 0.420. The minimum absolute atomic E-state index is 0.0805. The molecule has 2 aromatic heterocycles. The smallest absolute Gasteiger partial charge is 0.274 e. The second kappa shape index (κ2) is 9.56. The number of aromatic nitrogens is 2. The van der Waals surface area contributed by atoms with Crippen LogP contribution in [0.3, 0.4) is 0 Å². The molecular formula is C25H21FN4O3S. The minimum Gasteiger partial charge on any atom is -0.489 e. The van der Waals surface area contributed by atoms with E-state index in [-0.39, 0.29) is 29.9 Å². The van der Waals surface area contributed by atoms with Gasteiger partial charge in [-0.25, -0.2) is 9.37 Å². The third-order valence-electron chi connectivity index (χ3n) is 5.72. The number of hydrogen-bond acceptors (Lipinski definition) is 6. The van der Waals surface area contributed by atoms with Gasteiger partial charge >= 0.3 is 0 Å². The van der Waals surface area contributed by atoms with Crippen LogP contribution >= 0.6 is 11.3 Å². The van der Waals surface area contributed by atoms with Crippen molar-refractivity contribution in [2.45, 2.75) is 6.61 Å². The van der Waals surface area contributed by atoms with E-state index in [1.165, 1.54) is 36.0 Å². The molecule has 5 rings (SSSR count). The van der Waals surface area contributed by atoms with Crippen LogP contribution < -0.4 is 4.74 Å². The van der Waals surface area contributed by atoms with Crippen molar-refractivity contribution >= 4 is 33.2 Å². The summed E-state index contributed by atoms with van der Waals surface area (Å²) in [6.07, 6.45) is 4.43. The van der Waals surface area contributed by atoms with E-state index in [4.69, 9.17) is 4.74 Å². The van der Waals surface area contributed by atoms with E-state index in [2.05, 4.69) is 9.97 Å². The molecule has 7 nitrogen and oxygen atoms in total. The second-order valence-corrected chi connectivity index (χ2v) is 8.85. The molecule has 0 N–H and O–H groups in total. The first-order valence-corrected chi connectivity index (χ1v) is 11.7. The van der Waals surface area contributed by atoms with Crippen molar-refractivity contribution in [2.24, 2.45) is 0 Å². The Bertz CT molecular complexity index is 1320. The maximum Gasteiger partial charge on any atom is 0.274 e. The molecular weight excluding hydrogens is 455 g/mol. The molecule has 2 amide bonds. The van der Waals surface area contributed by atoms with Crippen LogP contribution in [0.4, 0.5) is 4.39 Å². The Labute approximate surface area is 199 Å². The highest BCUT2D eigenvalue weighted by Gasteiger charge is 2.29. The third-order valence-corrected chi connectivity index (χ3v) is 6.91. The van der Waals surface area contributed by atoms with E-state index in [0.717, 1.165) is 0 Å². The normalized spacial score (nSPS) is 13.8. The number of piperazine rings is 1. The minimum atomic E-state index is -0.376. The van der Waals surface area contributed by atoms with Crippen LogP contribution in [0.25, 0.3) is 10.1 Å². The molecule has 0 bridgehead atoms. The molecule has 0 radical (unpaired) electrons. The average Bonchev–Trinajstić information content (AvgIpc) is 3.27. The van der Waals surface area contributed by atoms with Gasteiger partial charge in [0.15, 0.2) is 0 Å². The van der Waals surface area contributed by atoms with Gasteiger partial charge in [-0.3, -0.25) is 14.6 Å². The fourth-order valence-electron chi connectivity index (χ4n) is 3.98. The van der Waals surface area contributed by atoms with Crippen molar-refractivity contribution in [3.8, 4) is 5.75 Å². The molecule has 9 heteroatoms. The molecule has 34 heavy (non-hydrogen) atoms. The number of rotatable bonds is 5. The number of fused-ring (bicyclic) bond motifs is 1. The molecule has 2 aromatic carbocycles. The lowest BCUT2D eigenvalue weighted by atomic mass is 10.1. The van der Waals surface area contributed by atoms with Crippen LogP contribution in [0, 0.1) is 5.82 Å². The van der Waals surface area contributed by atoms with Gasteiger partial charge in [0, 0.05) is 54.2 Å². The third kappa shape index (κ3) is 4.34. The van der Waals surface area contributed by atoms with E-state index in [9.17, 15) is 14.0 Å². The first-order valence-electron chi connectivity index (χ1n) is 10.8. The molecule has 3 heterocycles. The summed E-state index contributed by atoms with van der Waals surface area (Å²) in [6, 6.07) is 14.1. The number of amides is 2. The highest BCUT2D eigenvalue weighted by atomic mass is 32.1. The number of para-hydroxylation sites is 1. The van der Waals surface area contributed by atoms with Gasteiger partial charge in [-0.1, -0.05) is 24.3 Å². The van der Waals surface area contributed by atoms with Crippen molar-refractivity contribution in [2.75, 3.05) is 26.2 Å². The lowest BCUT2D eigenvalue weighted by molar-refractivity contribution is 0.0533. The Balaban J connectivity index is 1.36. The van der Waals surface area contributed by atoms with Gasteiger partial charge in [0.2, 0.25) is 0 Å². The van der Waals surface area contributed by atoms with Gasteiger partial charge in [-0.15, -0.1) is 11.3 Å². The second-order valence-electron chi connectivity index (χ2n) is 7.80. The summed E-state index contributed by atoms with van der Waals surface area (Å²) in [5.74, 6) is -0.119. The Morgan fingerprint density at radius 1 is 0.941 bits per heavy atom. The summed E-state index contributed by atoms with van der Waals surface area (Å²) >= 11 is 1.27. The average molecular weight is 477 g/mol. The van der Waals surface area contributed by atoms with Crippen molar-refractivity contribution in [3.63, 3.8) is 0 Å². The Hall–Kier alpha value is -3.85. The van der Waals surface area contributed by atoms with Crippen molar-refractivity contribution in [1.29, 1.82) is 0 Å². The van der Waals surface area contributed by atoms with E-state index in [1.807, 2.05) is 36.4 Å². The summed E-state index contributed by atoms with van der Waals surface area (Å²) in [7, 11) is 0. The standard InChI is InChI=1S/C25H21FN4O3S/c26-19-7-4-8-21-22(19)18(16-33-17-5-2-1-3-6-17)23(34-21)25(32)30-13-11-29(12-14-30)24(31)20-15-27-9-10-28-20/h1-10,15H,11-14,16H2. The number of hydrogen-bond donors (Lipinski definition) is 0. The fraction of sp³-hybridized carbons (Fsp3) is 0.200. The zero-order chi connectivity index (χ0) is 23.5. The first-order chi connectivity index (χ1) is 16.6. The largest absolute Gasteiger partial charge is 0.489 e. The van der Waals surface area contributed by atoms with Gasteiger partial charge in [-0.05, 0) is 24.3 Å². The number of benzene rings is 2. The number of halogens is 1. The number of carbonyl (C=O) groups is 2. The van der Waals surface area contributed by atoms with Gasteiger partial charge in [-0.2, -0.15) is 0 Å². The van der Waals surface area contributed by atoms with Crippen LogP contribution in [-0.2, 0) is 6.61 Å². The van der Waals surface area contributed by atoms with Crippen LogP contribution in [0.1, 0.15) is 25.7 Å². The Kier molecular flexibility index (Phi) is 6.18. The van der Waals surface area contributed by atoms with Gasteiger partial charge < -0.3 is 14.5 Å². The quantitative estimate of drug-likeness (QED) is 0.435. The molecule has 0 aliphatic carbocycles. The lowest BCUT2D eigenvalue weighted by Crippen LogP contribution is -2.50. The van der Waals surface area contributed by atoms with Gasteiger partial charge in [0.25, 0.3) is 11.8 Å². The molecule has 172 valence electrons. The SMILES string of the molecule is O=C(c1cnccn1)N1CCN(C(=O)c2sc3cccc(F)c3c2COc2ccccc2)CC1. The molecule has 1 aliphatic heterocycles. The molecule has 0 spiro atoms. The zero-order valence-corrected chi connectivity index (χ0v) is 19.0. The highest BCUT2D eigenvalue weighted by molar-refractivity contribution is 7.21. The lowest BCUT2D eigenvalue weighted by Gasteiger charge is -2.34. The maximum absolute atomic E-state index is 14.8. The molecule has 4 aromatic rings. The number of ether oxygens (including phenoxy) is 1. The summed E-state index contributed by atoms with van der Waals surface area (Å²) in [4.78, 5) is 38.0. The van der Waals surface area contributed by atoms with E-state index in [0.29, 0.717) is 52.5 Å². The zero-order valence-electron chi connectivity index (χ0n) is 18.2.